The van der Waals surface area contributed by atoms with Crippen molar-refractivity contribution in [3.05, 3.63) is 0 Å². The van der Waals surface area contributed by atoms with Gasteiger partial charge in [0.2, 0.25) is 0 Å². The highest BCUT2D eigenvalue weighted by Gasteiger charge is 1.98. The smallest absolute Gasteiger partial charge is 0.171 e. The van der Waals surface area contributed by atoms with Crippen LogP contribution in [-0.4, -0.2) is 27.9 Å². The van der Waals surface area contributed by atoms with Gasteiger partial charge < -0.3 is 4.74 Å². The first-order valence-electron chi connectivity index (χ1n) is 6.18. The van der Waals surface area contributed by atoms with E-state index in [4.69, 9.17) is 4.74 Å². The molecule has 0 aliphatic heterocycles. The van der Waals surface area contributed by atoms with Crippen LogP contribution in [0.15, 0.2) is 0 Å². The first kappa shape index (κ1) is 14.5. The molecule has 14 heavy (non-hydrogen) atoms. The summed E-state index contributed by atoms with van der Waals surface area (Å²) in [7, 11) is 0. The Kier molecular flexibility index (Phi) is 12.0. The van der Waals surface area contributed by atoms with E-state index >= 15 is 0 Å². The average molecular weight is 212 g/mol. The van der Waals surface area contributed by atoms with Crippen molar-refractivity contribution in [2.45, 2.75) is 70.2 Å². The summed E-state index contributed by atoms with van der Waals surface area (Å²) >= 11 is 2.77. The molecule has 1 atom stereocenters. The van der Waals surface area contributed by atoms with E-state index in [1.807, 2.05) is 0 Å². The van der Waals surface area contributed by atoms with Crippen LogP contribution in [0.25, 0.3) is 0 Å². The fraction of sp³-hybridized carbons (Fsp3) is 1.00. The zero-order valence-corrected chi connectivity index (χ0v) is 11.1. The van der Waals surface area contributed by atoms with Crippen LogP contribution in [0, 0.1) is 0 Å². The van der Waals surface area contributed by atoms with Gasteiger partial charge in [-0.2, -0.15) is 0 Å². The summed E-state index contributed by atoms with van der Waals surface area (Å²) in [6, 6.07) is 0. The first-order chi connectivity index (χ1) is 6.81. The fourth-order valence-electron chi connectivity index (χ4n) is 1.60. The lowest BCUT2D eigenvalue weighted by Crippen LogP contribution is -2.12. The van der Waals surface area contributed by atoms with Gasteiger partial charge in [0.25, 0.3) is 0 Å². The van der Waals surface area contributed by atoms with Crippen molar-refractivity contribution in [1.29, 1.82) is 0 Å². The SMILES string of the molecule is CCCCCCCCC[CH]([Al])OCC. The summed E-state index contributed by atoms with van der Waals surface area (Å²) in [5.41, 5.74) is 0. The van der Waals surface area contributed by atoms with Crippen molar-refractivity contribution in [2.24, 2.45) is 0 Å². The Morgan fingerprint density at radius 1 is 0.929 bits per heavy atom. The molecule has 0 saturated heterocycles. The van der Waals surface area contributed by atoms with Gasteiger partial charge in [0.15, 0.2) is 16.3 Å². The van der Waals surface area contributed by atoms with E-state index in [0.29, 0.717) is 4.97 Å². The van der Waals surface area contributed by atoms with Gasteiger partial charge in [-0.15, -0.1) is 0 Å². The Bertz CT molecular complexity index is 106. The van der Waals surface area contributed by atoms with Gasteiger partial charge in [0, 0.05) is 6.61 Å². The van der Waals surface area contributed by atoms with Gasteiger partial charge in [-0.3, -0.25) is 0 Å². The van der Waals surface area contributed by atoms with Crippen LogP contribution in [0.3, 0.4) is 0 Å². The molecule has 0 aromatic heterocycles. The van der Waals surface area contributed by atoms with E-state index in [1.54, 1.807) is 0 Å². The number of unbranched alkanes of at least 4 members (excludes halogenated alkanes) is 6. The maximum Gasteiger partial charge on any atom is 0.171 e. The molecular weight excluding hydrogens is 187 g/mol. The largest absolute Gasteiger partial charge is 0.396 e. The predicted octanol–water partition coefficient (Wildman–Crippen LogP) is 3.66. The number of ether oxygens (including phenoxy) is 1. The molecule has 0 spiro atoms. The molecule has 0 N–H and O–H groups in total. The van der Waals surface area contributed by atoms with E-state index in [9.17, 15) is 0 Å². The van der Waals surface area contributed by atoms with Crippen LogP contribution in [0.5, 0.6) is 0 Å². The van der Waals surface area contributed by atoms with Crippen LogP contribution in [0.1, 0.15) is 65.2 Å². The Balaban J connectivity index is 2.98. The molecule has 0 aliphatic rings. The molecule has 0 fully saturated rings. The molecule has 1 unspecified atom stereocenters. The summed E-state index contributed by atoms with van der Waals surface area (Å²) in [5, 5.41) is 0. The first-order valence-corrected chi connectivity index (χ1v) is 6.85. The minimum Gasteiger partial charge on any atom is -0.396 e. The van der Waals surface area contributed by atoms with Crippen molar-refractivity contribution in [3.63, 3.8) is 0 Å². The fourth-order valence-corrected chi connectivity index (χ4v) is 2.03. The second-order valence-corrected chi connectivity index (χ2v) is 4.65. The molecule has 2 heteroatoms. The molecule has 0 heterocycles. The van der Waals surface area contributed by atoms with E-state index in [2.05, 4.69) is 30.1 Å². The average Bonchev–Trinajstić information content (AvgIpc) is 2.17. The van der Waals surface area contributed by atoms with Crippen LogP contribution in [0.2, 0.25) is 0 Å². The van der Waals surface area contributed by atoms with Crippen molar-refractivity contribution < 1.29 is 4.74 Å². The molecule has 0 aromatic carbocycles. The molecule has 0 amide bonds. The van der Waals surface area contributed by atoms with Crippen LogP contribution < -0.4 is 0 Å². The third kappa shape index (κ3) is 10.6. The Labute approximate surface area is 98.0 Å². The minimum absolute atomic E-state index is 0.385. The Morgan fingerprint density at radius 3 is 2.07 bits per heavy atom. The van der Waals surface area contributed by atoms with Crippen molar-refractivity contribution in [1.82, 2.24) is 0 Å². The lowest BCUT2D eigenvalue weighted by molar-refractivity contribution is 0.111. The van der Waals surface area contributed by atoms with E-state index in [0.717, 1.165) is 6.61 Å². The maximum atomic E-state index is 5.45. The van der Waals surface area contributed by atoms with Crippen molar-refractivity contribution in [3.8, 4) is 0 Å². The van der Waals surface area contributed by atoms with Gasteiger partial charge >= 0.3 is 0 Å². The molecular formula is C12H25AlO. The quantitative estimate of drug-likeness (QED) is 0.396. The summed E-state index contributed by atoms with van der Waals surface area (Å²) in [4.78, 5) is 0.385. The third-order valence-corrected chi connectivity index (χ3v) is 3.00. The summed E-state index contributed by atoms with van der Waals surface area (Å²) < 4.78 is 5.45. The van der Waals surface area contributed by atoms with Crippen LogP contribution >= 0.6 is 0 Å². The molecule has 82 valence electrons. The predicted molar refractivity (Wildman–Crippen MR) is 63.8 cm³/mol. The third-order valence-electron chi connectivity index (χ3n) is 2.47. The zero-order valence-electron chi connectivity index (χ0n) is 9.93. The molecule has 0 rings (SSSR count). The van der Waals surface area contributed by atoms with Crippen molar-refractivity contribution >= 4 is 16.3 Å². The Morgan fingerprint density at radius 2 is 1.50 bits per heavy atom. The van der Waals surface area contributed by atoms with Crippen molar-refractivity contribution in [2.75, 3.05) is 6.61 Å². The Hall–Kier alpha value is 0.492. The minimum atomic E-state index is 0.385. The summed E-state index contributed by atoms with van der Waals surface area (Å²) in [6.45, 7) is 5.16. The molecule has 0 bridgehead atoms. The maximum absolute atomic E-state index is 5.45. The van der Waals surface area contributed by atoms with E-state index in [1.165, 1.54) is 51.4 Å². The molecule has 2 radical (unpaired) electrons. The normalized spacial score (nSPS) is 13.0. The number of hydrogen-bond acceptors (Lipinski definition) is 1. The second kappa shape index (κ2) is 11.6. The highest BCUT2D eigenvalue weighted by Crippen LogP contribution is 2.09. The highest BCUT2D eigenvalue weighted by molar-refractivity contribution is 6.10. The van der Waals surface area contributed by atoms with Gasteiger partial charge in [-0.25, -0.2) is 0 Å². The van der Waals surface area contributed by atoms with Crippen LogP contribution in [0.4, 0.5) is 0 Å². The summed E-state index contributed by atoms with van der Waals surface area (Å²) in [5.74, 6) is 0. The van der Waals surface area contributed by atoms with Gasteiger partial charge in [-0.05, 0) is 18.3 Å². The highest BCUT2D eigenvalue weighted by atomic mass is 27.0. The van der Waals surface area contributed by atoms with Gasteiger partial charge in [-0.1, -0.05) is 51.9 Å². The number of hydrogen-bond donors (Lipinski definition) is 0. The van der Waals surface area contributed by atoms with Gasteiger partial charge in [0.1, 0.15) is 0 Å². The van der Waals surface area contributed by atoms with Crippen LogP contribution in [-0.2, 0) is 4.74 Å². The molecule has 0 aromatic rings. The van der Waals surface area contributed by atoms with E-state index < -0.39 is 0 Å². The number of rotatable bonds is 10. The van der Waals surface area contributed by atoms with Gasteiger partial charge in [0.05, 0.1) is 0 Å². The molecule has 1 nitrogen and oxygen atoms in total. The molecule has 0 aliphatic carbocycles. The monoisotopic (exact) mass is 212 g/mol. The standard InChI is InChI=1S/C12H25O.Al/c1-3-5-6-7-8-9-10-11-12-13-4-2;/h12H,3-11H2,1-2H3;. The lowest BCUT2D eigenvalue weighted by atomic mass is 10.1. The summed E-state index contributed by atoms with van der Waals surface area (Å²) in [6.07, 6.45) is 10.9. The second-order valence-electron chi connectivity index (χ2n) is 3.90. The topological polar surface area (TPSA) is 9.23 Å². The molecule has 0 saturated carbocycles. The zero-order chi connectivity index (χ0) is 10.6. The lowest BCUT2D eigenvalue weighted by Gasteiger charge is -2.11. The van der Waals surface area contributed by atoms with E-state index in [-0.39, 0.29) is 0 Å².